The van der Waals surface area contributed by atoms with Gasteiger partial charge in [-0.2, -0.15) is 5.26 Å². The Morgan fingerprint density at radius 3 is 2.82 bits per heavy atom. The van der Waals surface area contributed by atoms with E-state index in [9.17, 15) is 0 Å². The first-order valence-corrected chi connectivity index (χ1v) is 6.48. The van der Waals surface area contributed by atoms with Gasteiger partial charge in [0.15, 0.2) is 0 Å². The number of benzene rings is 1. The predicted octanol–water partition coefficient (Wildman–Crippen LogP) is 3.03. The third kappa shape index (κ3) is 2.82. The Morgan fingerprint density at radius 2 is 2.18 bits per heavy atom. The van der Waals surface area contributed by atoms with Crippen LogP contribution in [0, 0.1) is 11.3 Å². The normalized spacial score (nSPS) is 11.2. The number of thiazole rings is 1. The Bertz CT molecular complexity index is 506. The van der Waals surface area contributed by atoms with Crippen molar-refractivity contribution in [2.75, 3.05) is 6.54 Å². The second-order valence-corrected chi connectivity index (χ2v) is 5.35. The largest absolute Gasteiger partial charge is 0.281 e. The van der Waals surface area contributed by atoms with Crippen molar-refractivity contribution in [1.82, 2.24) is 9.88 Å². The summed E-state index contributed by atoms with van der Waals surface area (Å²) in [5, 5.41) is 9.87. The van der Waals surface area contributed by atoms with E-state index < -0.39 is 0 Å². The van der Waals surface area contributed by atoms with Gasteiger partial charge in [-0.3, -0.25) is 4.90 Å². The fourth-order valence-electron chi connectivity index (χ4n) is 1.67. The third-order valence-corrected chi connectivity index (χ3v) is 3.70. The SMILES string of the molecule is CC(C)N(CC#N)Cc1nc2ccccc2s1. The third-order valence-electron chi connectivity index (χ3n) is 2.68. The molecule has 0 atom stereocenters. The van der Waals surface area contributed by atoms with Crippen LogP contribution in [-0.2, 0) is 6.54 Å². The highest BCUT2D eigenvalue weighted by Crippen LogP contribution is 2.22. The van der Waals surface area contributed by atoms with E-state index in [1.165, 1.54) is 4.70 Å². The van der Waals surface area contributed by atoms with E-state index in [4.69, 9.17) is 5.26 Å². The number of aromatic nitrogens is 1. The molecule has 0 aliphatic heterocycles. The lowest BCUT2D eigenvalue weighted by Crippen LogP contribution is -2.30. The average Bonchev–Trinajstić information content (AvgIpc) is 2.70. The van der Waals surface area contributed by atoms with Crippen molar-refractivity contribution in [2.45, 2.75) is 26.4 Å². The van der Waals surface area contributed by atoms with Gasteiger partial charge < -0.3 is 0 Å². The molecule has 0 fully saturated rings. The Morgan fingerprint density at radius 1 is 1.41 bits per heavy atom. The Hall–Kier alpha value is -1.44. The molecule has 1 aromatic heterocycles. The van der Waals surface area contributed by atoms with Crippen molar-refractivity contribution in [3.05, 3.63) is 29.3 Å². The highest BCUT2D eigenvalue weighted by atomic mass is 32.1. The van der Waals surface area contributed by atoms with E-state index in [0.717, 1.165) is 17.1 Å². The summed E-state index contributed by atoms with van der Waals surface area (Å²) in [5.74, 6) is 0. The summed E-state index contributed by atoms with van der Waals surface area (Å²) < 4.78 is 1.21. The van der Waals surface area contributed by atoms with Crippen molar-refractivity contribution in [3.8, 4) is 6.07 Å². The smallest absolute Gasteiger partial charge is 0.108 e. The first kappa shape index (κ1) is 12.0. The molecule has 4 heteroatoms. The molecule has 0 radical (unpaired) electrons. The second-order valence-electron chi connectivity index (χ2n) is 4.23. The summed E-state index contributed by atoms with van der Waals surface area (Å²) >= 11 is 1.71. The van der Waals surface area contributed by atoms with Crippen LogP contribution < -0.4 is 0 Å². The molecule has 0 aliphatic rings. The minimum absolute atomic E-state index is 0.363. The van der Waals surface area contributed by atoms with Gasteiger partial charge in [0.05, 0.1) is 29.4 Å². The van der Waals surface area contributed by atoms with Gasteiger partial charge in [0.2, 0.25) is 0 Å². The maximum atomic E-state index is 8.79. The quantitative estimate of drug-likeness (QED) is 0.777. The molecule has 1 heterocycles. The van der Waals surface area contributed by atoms with Gasteiger partial charge in [-0.15, -0.1) is 11.3 Å². The van der Waals surface area contributed by atoms with Gasteiger partial charge in [0, 0.05) is 6.04 Å². The molecule has 3 nitrogen and oxygen atoms in total. The number of hydrogen-bond acceptors (Lipinski definition) is 4. The van der Waals surface area contributed by atoms with Gasteiger partial charge in [0.25, 0.3) is 0 Å². The Labute approximate surface area is 105 Å². The summed E-state index contributed by atoms with van der Waals surface area (Å²) in [7, 11) is 0. The van der Waals surface area contributed by atoms with Crippen LogP contribution in [0.2, 0.25) is 0 Å². The summed E-state index contributed by atoms with van der Waals surface area (Å²) in [5.41, 5.74) is 1.05. The van der Waals surface area contributed by atoms with E-state index in [-0.39, 0.29) is 0 Å². The molecule has 0 unspecified atom stereocenters. The highest BCUT2D eigenvalue weighted by Gasteiger charge is 2.12. The molecule has 0 aliphatic carbocycles. The lowest BCUT2D eigenvalue weighted by molar-refractivity contribution is 0.240. The van der Waals surface area contributed by atoms with E-state index in [1.54, 1.807) is 11.3 Å². The van der Waals surface area contributed by atoms with E-state index in [1.807, 2.05) is 18.2 Å². The Kier molecular flexibility index (Phi) is 3.72. The molecule has 88 valence electrons. The monoisotopic (exact) mass is 245 g/mol. The van der Waals surface area contributed by atoms with Gasteiger partial charge in [-0.25, -0.2) is 4.98 Å². The van der Waals surface area contributed by atoms with Gasteiger partial charge in [-0.05, 0) is 26.0 Å². The van der Waals surface area contributed by atoms with E-state index in [2.05, 4.69) is 35.9 Å². The first-order valence-electron chi connectivity index (χ1n) is 5.66. The van der Waals surface area contributed by atoms with Gasteiger partial charge in [0.1, 0.15) is 5.01 Å². The number of nitrogens with zero attached hydrogens (tertiary/aromatic N) is 3. The summed E-state index contributed by atoms with van der Waals surface area (Å²) in [6.07, 6.45) is 0. The Balaban J connectivity index is 2.19. The molecule has 0 saturated heterocycles. The maximum absolute atomic E-state index is 8.79. The first-order chi connectivity index (χ1) is 8.20. The second kappa shape index (κ2) is 5.26. The van der Waals surface area contributed by atoms with E-state index in [0.29, 0.717) is 12.6 Å². The highest BCUT2D eigenvalue weighted by molar-refractivity contribution is 7.18. The van der Waals surface area contributed by atoms with Crippen LogP contribution in [0.25, 0.3) is 10.2 Å². The summed E-state index contributed by atoms with van der Waals surface area (Å²) in [4.78, 5) is 6.71. The standard InChI is InChI=1S/C13H15N3S/c1-10(2)16(8-7-14)9-13-15-11-5-3-4-6-12(11)17-13/h3-6,10H,8-9H2,1-2H3. The van der Waals surface area contributed by atoms with Crippen molar-refractivity contribution in [2.24, 2.45) is 0 Å². The molecule has 0 amide bonds. The fraction of sp³-hybridized carbons (Fsp3) is 0.385. The molecule has 1 aromatic carbocycles. The zero-order valence-corrected chi connectivity index (χ0v) is 10.9. The topological polar surface area (TPSA) is 39.9 Å². The average molecular weight is 245 g/mol. The van der Waals surface area contributed by atoms with Crippen LogP contribution >= 0.6 is 11.3 Å². The molecule has 2 rings (SSSR count). The molecule has 0 spiro atoms. The molecular formula is C13H15N3S. The molecule has 0 saturated carbocycles. The van der Waals surface area contributed by atoms with Crippen molar-refractivity contribution < 1.29 is 0 Å². The van der Waals surface area contributed by atoms with Crippen molar-refractivity contribution >= 4 is 21.6 Å². The molecular weight excluding hydrogens is 230 g/mol. The van der Waals surface area contributed by atoms with Crippen LogP contribution in [-0.4, -0.2) is 22.5 Å². The zero-order chi connectivity index (χ0) is 12.3. The van der Waals surface area contributed by atoms with Crippen LogP contribution in [0.1, 0.15) is 18.9 Å². The molecule has 0 N–H and O–H groups in total. The van der Waals surface area contributed by atoms with Crippen LogP contribution in [0.4, 0.5) is 0 Å². The number of fused-ring (bicyclic) bond motifs is 1. The minimum atomic E-state index is 0.363. The number of rotatable bonds is 4. The lowest BCUT2D eigenvalue weighted by Gasteiger charge is -2.21. The lowest BCUT2D eigenvalue weighted by atomic mass is 10.3. The summed E-state index contributed by atoms with van der Waals surface area (Å²) in [6.45, 7) is 5.41. The molecule has 0 bridgehead atoms. The van der Waals surface area contributed by atoms with Gasteiger partial charge >= 0.3 is 0 Å². The number of para-hydroxylation sites is 1. The predicted molar refractivity (Wildman–Crippen MR) is 70.8 cm³/mol. The van der Waals surface area contributed by atoms with Crippen molar-refractivity contribution in [1.29, 1.82) is 5.26 Å². The van der Waals surface area contributed by atoms with E-state index >= 15 is 0 Å². The van der Waals surface area contributed by atoms with Crippen LogP contribution in [0.3, 0.4) is 0 Å². The number of hydrogen-bond donors (Lipinski definition) is 0. The summed E-state index contributed by atoms with van der Waals surface area (Å²) in [6, 6.07) is 10.7. The van der Waals surface area contributed by atoms with Crippen LogP contribution in [0.5, 0.6) is 0 Å². The van der Waals surface area contributed by atoms with Crippen molar-refractivity contribution in [3.63, 3.8) is 0 Å². The number of nitriles is 1. The molecule has 2 aromatic rings. The van der Waals surface area contributed by atoms with Gasteiger partial charge in [-0.1, -0.05) is 12.1 Å². The molecule has 17 heavy (non-hydrogen) atoms. The fourth-order valence-corrected chi connectivity index (χ4v) is 2.67. The minimum Gasteiger partial charge on any atom is -0.281 e. The van der Waals surface area contributed by atoms with Crippen LogP contribution in [0.15, 0.2) is 24.3 Å². The zero-order valence-electron chi connectivity index (χ0n) is 10.1. The maximum Gasteiger partial charge on any atom is 0.108 e.